The molecule has 7 heterocycles. The first-order valence-corrected chi connectivity index (χ1v) is 24.0. The number of hydrogen-bond donors (Lipinski definition) is 3. The van der Waals surface area contributed by atoms with Gasteiger partial charge >= 0.3 is 0 Å². The Bertz CT molecular complexity index is 2580. The van der Waals surface area contributed by atoms with Crippen LogP contribution in [0.25, 0.3) is 16.6 Å². The monoisotopic (exact) mass is 950 g/mol. The molecular weight excluding hydrogens is 890 g/mol. The Morgan fingerprint density at radius 3 is 2.36 bits per heavy atom. The number of allylic oxidation sites excluding steroid dienone is 3. The summed E-state index contributed by atoms with van der Waals surface area (Å²) >= 11 is 6.50. The average molecular weight is 952 g/mol. The van der Waals surface area contributed by atoms with Gasteiger partial charge < -0.3 is 30.7 Å². The second kappa shape index (κ2) is 19.8. The van der Waals surface area contributed by atoms with Crippen LogP contribution in [0.1, 0.15) is 107 Å². The minimum atomic E-state index is -2.92. The van der Waals surface area contributed by atoms with Gasteiger partial charge in [-0.05, 0) is 75.2 Å². The Kier molecular flexibility index (Phi) is 14.2. The molecule has 3 N–H and O–H groups in total. The maximum atomic E-state index is 16.3. The lowest BCUT2D eigenvalue weighted by Gasteiger charge is -2.39. The van der Waals surface area contributed by atoms with Crippen molar-refractivity contribution in [3.05, 3.63) is 106 Å². The van der Waals surface area contributed by atoms with Gasteiger partial charge in [-0.2, -0.15) is 10.1 Å². The van der Waals surface area contributed by atoms with Crippen LogP contribution in [0.5, 0.6) is 0 Å². The quantitative estimate of drug-likeness (QED) is 0.157. The van der Waals surface area contributed by atoms with Crippen molar-refractivity contribution in [3.8, 4) is 0 Å². The predicted molar refractivity (Wildman–Crippen MR) is 256 cm³/mol. The molecule has 2 aromatic heterocycles. The molecule has 0 radical (unpaired) electrons. The molecule has 0 amide bonds. The molecule has 10 nitrogen and oxygen atoms in total. The minimum Gasteiger partial charge on any atom is -0.378 e. The summed E-state index contributed by atoms with van der Waals surface area (Å²) in [7, 11) is 3.39. The number of likely N-dealkylation sites (tertiary alicyclic amines) is 1. The number of aromatic nitrogens is 4. The van der Waals surface area contributed by atoms with E-state index >= 15 is 17.6 Å². The van der Waals surface area contributed by atoms with Gasteiger partial charge in [-0.1, -0.05) is 64.4 Å². The molecule has 0 bridgehead atoms. The van der Waals surface area contributed by atoms with Gasteiger partial charge in [0.25, 0.3) is 5.92 Å². The van der Waals surface area contributed by atoms with Crippen LogP contribution in [-0.4, -0.2) is 83.1 Å². The summed E-state index contributed by atoms with van der Waals surface area (Å²) in [6, 6.07) is 4.27. The molecule has 0 spiro atoms. The second-order valence-corrected chi connectivity index (χ2v) is 18.8. The summed E-state index contributed by atoms with van der Waals surface area (Å²) in [6.07, 6.45) is 7.41. The number of alkyl halides is 3. The van der Waals surface area contributed by atoms with Crippen LogP contribution in [0.15, 0.2) is 66.8 Å². The Morgan fingerprint density at radius 2 is 1.67 bits per heavy atom. The largest absolute Gasteiger partial charge is 0.378 e. The molecule has 4 fully saturated rings. The molecule has 3 atom stereocenters. The van der Waals surface area contributed by atoms with E-state index in [1.54, 1.807) is 23.9 Å². The maximum absolute atomic E-state index is 16.3. The van der Waals surface area contributed by atoms with Crippen LogP contribution in [0.4, 0.5) is 49.5 Å². The first-order chi connectivity index (χ1) is 32.1. The number of rotatable bonds is 7. The minimum absolute atomic E-state index is 0.0232. The van der Waals surface area contributed by atoms with Crippen LogP contribution in [0.3, 0.4) is 0 Å². The van der Waals surface area contributed by atoms with Gasteiger partial charge in [0.15, 0.2) is 11.6 Å². The number of nitrogens with zero attached hydrogens (tertiary/aromatic N) is 7. The fourth-order valence-electron chi connectivity index (χ4n) is 9.88. The summed E-state index contributed by atoms with van der Waals surface area (Å²) in [6.45, 7) is 17.7. The Balaban J connectivity index is 0.00000116. The van der Waals surface area contributed by atoms with E-state index in [0.29, 0.717) is 103 Å². The third-order valence-electron chi connectivity index (χ3n) is 13.7. The third kappa shape index (κ3) is 10.0. The smallest absolute Gasteiger partial charge is 0.265 e. The third-order valence-corrected chi connectivity index (χ3v) is 14.0. The van der Waals surface area contributed by atoms with Gasteiger partial charge in [0, 0.05) is 90.8 Å². The summed E-state index contributed by atoms with van der Waals surface area (Å²) in [4.78, 5) is 14.5. The number of fused-ring (bicyclic) bond motifs is 3. The lowest BCUT2D eigenvalue weighted by Crippen LogP contribution is -2.47. The van der Waals surface area contributed by atoms with Crippen LogP contribution < -0.4 is 25.8 Å². The summed E-state index contributed by atoms with van der Waals surface area (Å²) in [5, 5.41) is 14.2. The number of likely N-dealkylation sites (N-methyl/N-ethyl adjacent to an activating group) is 1. The van der Waals surface area contributed by atoms with Crippen molar-refractivity contribution < 1.29 is 26.3 Å². The molecule has 10 rings (SSSR count). The fourth-order valence-corrected chi connectivity index (χ4v) is 10.0. The van der Waals surface area contributed by atoms with Crippen molar-refractivity contribution >= 4 is 51.3 Å². The van der Waals surface area contributed by atoms with E-state index in [1.165, 1.54) is 48.3 Å². The number of anilines is 4. The highest BCUT2D eigenvalue weighted by Crippen LogP contribution is 2.45. The van der Waals surface area contributed by atoms with E-state index in [9.17, 15) is 8.78 Å². The van der Waals surface area contributed by atoms with E-state index < -0.39 is 36.1 Å². The highest BCUT2D eigenvalue weighted by atomic mass is 35.5. The lowest BCUT2D eigenvalue weighted by atomic mass is 9.85. The topological polar surface area (TPSA) is 89.4 Å². The Hall–Kier alpha value is -5.22. The lowest BCUT2D eigenvalue weighted by molar-refractivity contribution is -0.000420. The van der Waals surface area contributed by atoms with Gasteiger partial charge in [0.05, 0.1) is 36.4 Å². The number of hydrogen-bond acceptors (Lipinski definition) is 9. The first kappa shape index (κ1) is 48.2. The van der Waals surface area contributed by atoms with E-state index in [-0.39, 0.29) is 70.7 Å². The summed E-state index contributed by atoms with van der Waals surface area (Å²) in [5.74, 6) is -5.16. The number of piperidine rings is 3. The SMILES string of the molecule is C1CC1.C=C1CCC(c2nn(C)c3c(F)c(C4CCN(CC5CCN(c6ncc(Cl)c(Nc7cc8c(cc7F)N(C)C(=C)C7=C8NCC(F)(F)CC7)n6)CC5F)CC4)c(F)cc23)C(=C)N1.CC. The highest BCUT2D eigenvalue weighted by Gasteiger charge is 2.38. The van der Waals surface area contributed by atoms with E-state index in [2.05, 4.69) is 55.7 Å². The van der Waals surface area contributed by atoms with Gasteiger partial charge in [-0.3, -0.25) is 4.68 Å². The molecule has 5 aliphatic heterocycles. The predicted octanol–water partition coefficient (Wildman–Crippen LogP) is 11.6. The molecule has 6 aliphatic rings. The normalized spacial score (nSPS) is 23.0. The second-order valence-electron chi connectivity index (χ2n) is 18.4. The van der Waals surface area contributed by atoms with Gasteiger partial charge in [0.1, 0.15) is 28.3 Å². The van der Waals surface area contributed by atoms with Crippen LogP contribution in [-0.2, 0) is 7.05 Å². The summed E-state index contributed by atoms with van der Waals surface area (Å²) < 4.78 is 94.1. The molecule has 3 unspecified atom stereocenters. The zero-order chi connectivity index (χ0) is 47.9. The molecule has 2 aromatic carbocycles. The standard InChI is InChI=1S/C45H49ClF6N10.C3H6.C2H6/c1-23-6-7-28(24(2)55-23)41-31-16-34(48)38(39(50)42(31)60(5)58-41)26-9-13-61(14-10-26)20-27-11-15-62(21-35(27)49)44-53-19-32(46)43(57-44)56-36-17-30-37(18-33(36)47)59(4)25(3)29-8-12-45(51,52)22-54-40(29)30;1-2-3-1;1-2/h16-19,26-28,35,54-55H,1-3,6-15,20-22H2,4-5H3,(H,53,56,57);1-3H2;1-2H3. The number of nitrogens with one attached hydrogen (secondary N) is 3. The highest BCUT2D eigenvalue weighted by molar-refractivity contribution is 6.33. The number of benzene rings is 2. The van der Waals surface area contributed by atoms with Crippen molar-refractivity contribution in [2.45, 2.75) is 102 Å². The van der Waals surface area contributed by atoms with Crippen molar-refractivity contribution in [1.29, 1.82) is 0 Å². The average Bonchev–Trinajstić information content (AvgIpc) is 4.17. The van der Waals surface area contributed by atoms with Crippen LogP contribution in [0, 0.1) is 23.4 Å². The van der Waals surface area contributed by atoms with E-state index in [1.807, 2.05) is 13.8 Å². The number of aryl methyl sites for hydroxylation is 1. The number of halogens is 7. The zero-order valence-corrected chi connectivity index (χ0v) is 39.6. The molecule has 67 heavy (non-hydrogen) atoms. The molecular formula is C50H61ClF6N10. The molecule has 3 saturated heterocycles. The molecule has 1 saturated carbocycles. The zero-order valence-electron chi connectivity index (χ0n) is 38.8. The van der Waals surface area contributed by atoms with Gasteiger partial charge in [0.2, 0.25) is 5.95 Å². The Morgan fingerprint density at radius 1 is 0.940 bits per heavy atom. The van der Waals surface area contributed by atoms with E-state index in [0.717, 1.165) is 5.70 Å². The van der Waals surface area contributed by atoms with Gasteiger partial charge in [-0.15, -0.1) is 0 Å². The fraction of sp³-hybridized carbons (Fsp3) is 0.500. The van der Waals surface area contributed by atoms with Crippen LogP contribution in [0.2, 0.25) is 5.02 Å². The van der Waals surface area contributed by atoms with E-state index in [4.69, 9.17) is 11.6 Å². The van der Waals surface area contributed by atoms with Gasteiger partial charge in [-0.25, -0.2) is 31.3 Å². The van der Waals surface area contributed by atoms with Crippen molar-refractivity contribution in [1.82, 2.24) is 35.3 Å². The summed E-state index contributed by atoms with van der Waals surface area (Å²) in [5.41, 5.74) is 5.19. The first-order valence-electron chi connectivity index (χ1n) is 23.6. The molecule has 1 aliphatic carbocycles. The van der Waals surface area contributed by atoms with Crippen molar-refractivity contribution in [2.24, 2.45) is 13.0 Å². The maximum Gasteiger partial charge on any atom is 0.265 e. The van der Waals surface area contributed by atoms with Crippen molar-refractivity contribution in [2.75, 3.05) is 61.4 Å². The molecule has 17 heteroatoms. The Labute approximate surface area is 394 Å². The van der Waals surface area contributed by atoms with Crippen LogP contribution >= 0.6 is 11.6 Å². The molecule has 360 valence electrons. The van der Waals surface area contributed by atoms with Crippen molar-refractivity contribution in [3.63, 3.8) is 0 Å². The molecule has 4 aromatic rings.